The van der Waals surface area contributed by atoms with E-state index in [-0.39, 0.29) is 0 Å². The normalized spacial score (nSPS) is 20.2. The Labute approximate surface area is 205 Å². The maximum Gasteiger partial charge on any atom is 0.247 e. The highest BCUT2D eigenvalue weighted by Crippen LogP contribution is 2.26. The minimum atomic E-state index is 0.397. The van der Waals surface area contributed by atoms with Gasteiger partial charge in [0.05, 0.1) is 18.5 Å². The van der Waals surface area contributed by atoms with E-state index in [0.717, 1.165) is 49.7 Å². The van der Waals surface area contributed by atoms with Crippen molar-refractivity contribution < 1.29 is 13.9 Å². The fourth-order valence-electron chi connectivity index (χ4n) is 4.40. The molecular weight excluding hydrogens is 448 g/mol. The van der Waals surface area contributed by atoms with Crippen molar-refractivity contribution in [1.82, 2.24) is 15.5 Å². The number of rotatable bonds is 11. The number of nitrogens with zero attached hydrogens (tertiary/aromatic N) is 3. The number of hydrogen-bond acceptors (Lipinski definition) is 8. The number of para-hydroxylation sites is 1. The second kappa shape index (κ2) is 11.7. The van der Waals surface area contributed by atoms with Crippen molar-refractivity contribution in [1.29, 1.82) is 0 Å². The van der Waals surface area contributed by atoms with E-state index >= 15 is 0 Å². The van der Waals surface area contributed by atoms with Gasteiger partial charge in [-0.25, -0.2) is 0 Å². The average molecular weight is 481 g/mol. The molecule has 2 aliphatic heterocycles. The van der Waals surface area contributed by atoms with E-state index in [1.54, 1.807) is 11.8 Å². The zero-order chi connectivity index (χ0) is 23.0. The second-order valence-corrected chi connectivity index (χ2v) is 9.84. The summed E-state index contributed by atoms with van der Waals surface area (Å²) < 4.78 is 17.3. The highest BCUT2D eigenvalue weighted by molar-refractivity contribution is 7.98. The zero-order valence-electron chi connectivity index (χ0n) is 19.4. The summed E-state index contributed by atoms with van der Waals surface area (Å²) >= 11 is 1.72. The molecule has 7 nitrogen and oxygen atoms in total. The van der Waals surface area contributed by atoms with Crippen LogP contribution in [0.4, 0.5) is 5.69 Å². The van der Waals surface area contributed by atoms with Gasteiger partial charge in [-0.05, 0) is 55.7 Å². The van der Waals surface area contributed by atoms with Gasteiger partial charge in [0.15, 0.2) is 0 Å². The summed E-state index contributed by atoms with van der Waals surface area (Å²) in [5.41, 5.74) is 2.19. The predicted molar refractivity (Wildman–Crippen MR) is 135 cm³/mol. The summed E-state index contributed by atoms with van der Waals surface area (Å²) in [7, 11) is 0. The Balaban J connectivity index is 1.05. The molecule has 8 heteroatoms. The summed E-state index contributed by atoms with van der Waals surface area (Å²) in [5.74, 6) is 3.65. The molecule has 5 rings (SSSR count). The number of anilines is 1. The van der Waals surface area contributed by atoms with Crippen LogP contribution in [0.3, 0.4) is 0 Å². The minimum absolute atomic E-state index is 0.397. The smallest absolute Gasteiger partial charge is 0.247 e. The lowest BCUT2D eigenvalue weighted by Crippen LogP contribution is -2.37. The molecule has 2 atom stereocenters. The Morgan fingerprint density at radius 3 is 2.76 bits per heavy atom. The Kier molecular flexibility index (Phi) is 8.01. The molecule has 2 saturated heterocycles. The lowest BCUT2D eigenvalue weighted by atomic mass is 10.2. The summed E-state index contributed by atoms with van der Waals surface area (Å²) in [6.45, 7) is 4.63. The van der Waals surface area contributed by atoms with Crippen molar-refractivity contribution >= 4 is 17.4 Å². The topological polar surface area (TPSA) is 72.7 Å². The van der Waals surface area contributed by atoms with Gasteiger partial charge in [-0.3, -0.25) is 0 Å². The first-order valence-corrected chi connectivity index (χ1v) is 13.3. The largest absolute Gasteiger partial charge is 0.493 e. The SMILES string of the molecule is c1ccc(OCCSCc2nnc(-c3ccc(N4CCC(NCC5CCCO5)C4)cc3)o2)cc1. The number of aromatic nitrogens is 2. The van der Waals surface area contributed by atoms with Crippen LogP contribution < -0.4 is 15.0 Å². The highest BCUT2D eigenvalue weighted by Gasteiger charge is 2.24. The molecule has 0 aliphatic carbocycles. The van der Waals surface area contributed by atoms with Gasteiger partial charge in [-0.2, -0.15) is 0 Å². The molecule has 0 spiro atoms. The van der Waals surface area contributed by atoms with Gasteiger partial charge in [0.25, 0.3) is 0 Å². The number of thioether (sulfide) groups is 1. The minimum Gasteiger partial charge on any atom is -0.493 e. The Bertz CT molecular complexity index is 1010. The lowest BCUT2D eigenvalue weighted by Gasteiger charge is -2.20. The summed E-state index contributed by atoms with van der Waals surface area (Å²) in [4.78, 5) is 2.43. The first-order chi connectivity index (χ1) is 16.8. The average Bonchev–Trinajstić information content (AvgIpc) is 3.66. The molecule has 180 valence electrons. The number of hydrogen-bond donors (Lipinski definition) is 1. The van der Waals surface area contributed by atoms with Crippen LogP contribution in [0.2, 0.25) is 0 Å². The van der Waals surface area contributed by atoms with E-state index in [4.69, 9.17) is 13.9 Å². The van der Waals surface area contributed by atoms with Crippen molar-refractivity contribution in [3.8, 4) is 17.2 Å². The van der Waals surface area contributed by atoms with E-state index in [1.165, 1.54) is 18.5 Å². The van der Waals surface area contributed by atoms with Crippen LogP contribution in [0.15, 0.2) is 59.0 Å². The molecule has 3 aromatic rings. The third-order valence-electron chi connectivity index (χ3n) is 6.26. The zero-order valence-corrected chi connectivity index (χ0v) is 20.2. The van der Waals surface area contributed by atoms with Crippen molar-refractivity contribution in [2.24, 2.45) is 0 Å². The van der Waals surface area contributed by atoms with E-state index < -0.39 is 0 Å². The van der Waals surface area contributed by atoms with Crippen LogP contribution >= 0.6 is 11.8 Å². The highest BCUT2D eigenvalue weighted by atomic mass is 32.2. The van der Waals surface area contributed by atoms with Gasteiger partial charge in [-0.1, -0.05) is 18.2 Å². The van der Waals surface area contributed by atoms with Crippen molar-refractivity contribution in [3.05, 3.63) is 60.5 Å². The van der Waals surface area contributed by atoms with Crippen LogP contribution in [-0.2, 0) is 10.5 Å². The van der Waals surface area contributed by atoms with Crippen molar-refractivity contribution in [3.63, 3.8) is 0 Å². The molecule has 0 saturated carbocycles. The molecule has 2 aliphatic rings. The van der Waals surface area contributed by atoms with Gasteiger partial charge in [-0.15, -0.1) is 22.0 Å². The molecule has 3 heterocycles. The van der Waals surface area contributed by atoms with Crippen LogP contribution in [0.5, 0.6) is 5.75 Å². The molecule has 1 N–H and O–H groups in total. The maximum atomic E-state index is 5.88. The van der Waals surface area contributed by atoms with Crippen molar-refractivity contribution in [2.45, 2.75) is 37.2 Å². The first-order valence-electron chi connectivity index (χ1n) is 12.1. The lowest BCUT2D eigenvalue weighted by molar-refractivity contribution is 0.108. The third kappa shape index (κ3) is 6.31. The molecule has 0 radical (unpaired) electrons. The van der Waals surface area contributed by atoms with Crippen LogP contribution in [0.1, 0.15) is 25.2 Å². The van der Waals surface area contributed by atoms with Gasteiger partial charge >= 0.3 is 0 Å². The summed E-state index contributed by atoms with van der Waals surface area (Å²) in [6.07, 6.45) is 3.94. The molecular formula is C26H32N4O3S. The van der Waals surface area contributed by atoms with E-state index in [9.17, 15) is 0 Å². The predicted octanol–water partition coefficient (Wildman–Crippen LogP) is 4.40. The molecule has 2 unspecified atom stereocenters. The summed E-state index contributed by atoms with van der Waals surface area (Å²) in [5, 5.41) is 12.1. The van der Waals surface area contributed by atoms with E-state index in [1.807, 2.05) is 30.3 Å². The molecule has 0 bridgehead atoms. The molecule has 2 fully saturated rings. The first kappa shape index (κ1) is 23.2. The van der Waals surface area contributed by atoms with Crippen molar-refractivity contribution in [2.75, 3.05) is 43.5 Å². The molecule has 34 heavy (non-hydrogen) atoms. The van der Waals surface area contributed by atoms with Crippen LogP contribution in [0.25, 0.3) is 11.5 Å². The summed E-state index contributed by atoms with van der Waals surface area (Å²) in [6, 6.07) is 18.8. The molecule has 0 amide bonds. The van der Waals surface area contributed by atoms with Gasteiger partial charge in [0.1, 0.15) is 5.75 Å². The maximum absolute atomic E-state index is 5.88. The third-order valence-corrected chi connectivity index (χ3v) is 7.16. The quantitative estimate of drug-likeness (QED) is 0.405. The fourth-order valence-corrected chi connectivity index (χ4v) is 5.04. The fraction of sp³-hybridized carbons (Fsp3) is 0.462. The van der Waals surface area contributed by atoms with Crippen LogP contribution in [0, 0.1) is 0 Å². The monoisotopic (exact) mass is 480 g/mol. The Hall–Kier alpha value is -2.55. The number of ether oxygens (including phenoxy) is 2. The van der Waals surface area contributed by atoms with E-state index in [0.29, 0.717) is 36.3 Å². The molecule has 2 aromatic carbocycles. The second-order valence-electron chi connectivity index (χ2n) is 8.74. The molecule has 1 aromatic heterocycles. The van der Waals surface area contributed by atoms with Gasteiger partial charge < -0.3 is 24.1 Å². The Morgan fingerprint density at radius 1 is 1.06 bits per heavy atom. The standard InChI is InChI=1S/C26H32N4O3S/c1-2-5-23(6-3-1)32-15-16-34-19-25-28-29-26(33-25)20-8-10-22(11-9-20)30-13-12-21(18-30)27-17-24-7-4-14-31-24/h1-3,5-6,8-11,21,24,27H,4,7,12-19H2. The van der Waals surface area contributed by atoms with Gasteiger partial charge in [0.2, 0.25) is 11.8 Å². The van der Waals surface area contributed by atoms with E-state index in [2.05, 4.69) is 44.7 Å². The Morgan fingerprint density at radius 2 is 1.94 bits per heavy atom. The number of nitrogens with one attached hydrogen (secondary N) is 1. The van der Waals surface area contributed by atoms with Crippen LogP contribution in [-0.4, -0.2) is 60.9 Å². The van der Waals surface area contributed by atoms with Gasteiger partial charge in [0, 0.05) is 49.3 Å². The number of benzene rings is 2.